The molecule has 0 aliphatic carbocycles. The molecule has 1 aliphatic rings. The van der Waals surface area contributed by atoms with Crippen LogP contribution in [0.25, 0.3) is 0 Å². The van der Waals surface area contributed by atoms with E-state index in [0.29, 0.717) is 13.2 Å². The van der Waals surface area contributed by atoms with Gasteiger partial charge in [-0.1, -0.05) is 30.3 Å². The molecule has 1 aromatic heterocycles. The van der Waals surface area contributed by atoms with E-state index in [2.05, 4.69) is 35.7 Å². The molecule has 2 unspecified atom stereocenters. The predicted molar refractivity (Wildman–Crippen MR) is 103 cm³/mol. The molecule has 26 heavy (non-hydrogen) atoms. The third-order valence-corrected chi connectivity index (χ3v) is 4.72. The van der Waals surface area contributed by atoms with Gasteiger partial charge in [-0.2, -0.15) is 0 Å². The van der Waals surface area contributed by atoms with E-state index in [9.17, 15) is 0 Å². The second-order valence-corrected chi connectivity index (χ2v) is 6.73. The predicted octanol–water partition coefficient (Wildman–Crippen LogP) is 3.47. The first-order valence-corrected chi connectivity index (χ1v) is 9.29. The summed E-state index contributed by atoms with van der Waals surface area (Å²) in [7, 11) is 0. The Balaban J connectivity index is 1.72. The van der Waals surface area contributed by atoms with E-state index in [4.69, 9.17) is 14.3 Å². The topological polar surface area (TPSA) is 71.7 Å². The standard InChI is InChI=1S/C20H28N4O2/c1-5-21-20(22-12-13(2)19-14(3)24-26-15(19)4)23-17-10-11-25-18-9-7-6-8-16(17)18/h6-9,13,17H,5,10-12H2,1-4H3,(H2,21,22,23). The van der Waals surface area contributed by atoms with Crippen LogP contribution in [0.2, 0.25) is 0 Å². The summed E-state index contributed by atoms with van der Waals surface area (Å²) in [5, 5.41) is 11.0. The van der Waals surface area contributed by atoms with Crippen molar-refractivity contribution in [3.05, 3.63) is 46.8 Å². The number of guanidine groups is 1. The molecule has 0 spiro atoms. The number of rotatable bonds is 5. The van der Waals surface area contributed by atoms with E-state index in [0.717, 1.165) is 41.7 Å². The molecule has 0 fully saturated rings. The third-order valence-electron chi connectivity index (χ3n) is 4.72. The molecule has 6 heteroatoms. The summed E-state index contributed by atoms with van der Waals surface area (Å²) in [6, 6.07) is 8.39. The number of para-hydroxylation sites is 1. The summed E-state index contributed by atoms with van der Waals surface area (Å²) in [6.07, 6.45) is 0.918. The van der Waals surface area contributed by atoms with Gasteiger partial charge < -0.3 is 19.9 Å². The maximum Gasteiger partial charge on any atom is 0.191 e. The van der Waals surface area contributed by atoms with E-state index in [-0.39, 0.29) is 12.0 Å². The van der Waals surface area contributed by atoms with Gasteiger partial charge in [0.05, 0.1) is 18.3 Å². The summed E-state index contributed by atoms with van der Waals surface area (Å²) in [4.78, 5) is 4.80. The molecule has 3 rings (SSSR count). The molecule has 0 radical (unpaired) electrons. The number of aliphatic imine (C=N–C) groups is 1. The van der Waals surface area contributed by atoms with E-state index in [1.807, 2.05) is 32.0 Å². The normalized spacial score (nSPS) is 18.0. The summed E-state index contributed by atoms with van der Waals surface area (Å²) in [5.74, 6) is 2.91. The highest BCUT2D eigenvalue weighted by molar-refractivity contribution is 5.80. The number of fused-ring (bicyclic) bond motifs is 1. The highest BCUT2D eigenvalue weighted by Gasteiger charge is 2.22. The van der Waals surface area contributed by atoms with Crippen LogP contribution in [0.15, 0.2) is 33.8 Å². The number of nitrogens with one attached hydrogen (secondary N) is 2. The van der Waals surface area contributed by atoms with Crippen molar-refractivity contribution < 1.29 is 9.26 Å². The van der Waals surface area contributed by atoms with Crippen LogP contribution in [-0.4, -0.2) is 30.8 Å². The average Bonchev–Trinajstić information content (AvgIpc) is 2.98. The van der Waals surface area contributed by atoms with Crippen LogP contribution in [0.4, 0.5) is 0 Å². The Morgan fingerprint density at radius 2 is 2.15 bits per heavy atom. The summed E-state index contributed by atoms with van der Waals surface area (Å²) < 4.78 is 11.0. The summed E-state index contributed by atoms with van der Waals surface area (Å²) in [6.45, 7) is 10.4. The average molecular weight is 356 g/mol. The number of benzene rings is 1. The van der Waals surface area contributed by atoms with Gasteiger partial charge in [0.1, 0.15) is 11.5 Å². The minimum atomic E-state index is 0.201. The molecule has 6 nitrogen and oxygen atoms in total. The third kappa shape index (κ3) is 4.00. The number of hydrogen-bond acceptors (Lipinski definition) is 4. The SMILES string of the molecule is CCNC(=NCC(C)c1c(C)noc1C)NC1CCOc2ccccc21. The van der Waals surface area contributed by atoms with Crippen molar-refractivity contribution in [3.8, 4) is 5.75 Å². The van der Waals surface area contributed by atoms with E-state index in [1.165, 1.54) is 5.56 Å². The van der Waals surface area contributed by atoms with Crippen LogP contribution in [0.3, 0.4) is 0 Å². The first-order valence-electron chi connectivity index (χ1n) is 9.29. The Kier molecular flexibility index (Phi) is 5.81. The maximum absolute atomic E-state index is 5.75. The molecule has 0 saturated carbocycles. The fraction of sp³-hybridized carbons (Fsp3) is 0.500. The Labute approximate surface area is 155 Å². The minimum absolute atomic E-state index is 0.201. The van der Waals surface area contributed by atoms with Gasteiger partial charge in [0.2, 0.25) is 0 Å². The molecule has 2 N–H and O–H groups in total. The Hall–Kier alpha value is -2.50. The van der Waals surface area contributed by atoms with Crippen molar-refractivity contribution in [1.29, 1.82) is 0 Å². The smallest absolute Gasteiger partial charge is 0.191 e. The first-order chi connectivity index (χ1) is 12.6. The Bertz CT molecular complexity index is 749. The molecule has 2 atom stereocenters. The zero-order valence-electron chi connectivity index (χ0n) is 16.0. The molecule has 140 valence electrons. The van der Waals surface area contributed by atoms with Crippen molar-refractivity contribution in [2.24, 2.45) is 4.99 Å². The van der Waals surface area contributed by atoms with Gasteiger partial charge in [-0.25, -0.2) is 0 Å². The van der Waals surface area contributed by atoms with Crippen LogP contribution in [0.1, 0.15) is 54.8 Å². The van der Waals surface area contributed by atoms with Gasteiger partial charge in [-0.15, -0.1) is 0 Å². The molecular formula is C20H28N4O2. The molecule has 0 amide bonds. The number of nitrogens with zero attached hydrogens (tertiary/aromatic N) is 2. The summed E-state index contributed by atoms with van der Waals surface area (Å²) in [5.41, 5.74) is 3.28. The monoisotopic (exact) mass is 356 g/mol. The fourth-order valence-corrected chi connectivity index (χ4v) is 3.49. The number of hydrogen-bond donors (Lipinski definition) is 2. The van der Waals surface area contributed by atoms with Gasteiger partial charge in [-0.3, -0.25) is 4.99 Å². The molecule has 1 aromatic carbocycles. The van der Waals surface area contributed by atoms with Gasteiger partial charge in [-0.05, 0) is 26.8 Å². The van der Waals surface area contributed by atoms with Crippen LogP contribution in [0.5, 0.6) is 5.75 Å². The van der Waals surface area contributed by atoms with Crippen molar-refractivity contribution in [1.82, 2.24) is 15.8 Å². The first kappa shape index (κ1) is 18.3. The molecule has 2 aromatic rings. The lowest BCUT2D eigenvalue weighted by Crippen LogP contribution is -2.41. The highest BCUT2D eigenvalue weighted by atomic mass is 16.5. The van der Waals surface area contributed by atoms with Gasteiger partial charge >= 0.3 is 0 Å². The molecular weight excluding hydrogens is 328 g/mol. The molecule has 0 bridgehead atoms. The fourth-order valence-electron chi connectivity index (χ4n) is 3.49. The van der Waals surface area contributed by atoms with Gasteiger partial charge in [0.25, 0.3) is 0 Å². The maximum atomic E-state index is 5.75. The lowest BCUT2D eigenvalue weighted by atomic mass is 10.00. The van der Waals surface area contributed by atoms with Crippen LogP contribution in [0, 0.1) is 13.8 Å². The lowest BCUT2D eigenvalue weighted by molar-refractivity contribution is 0.261. The lowest BCUT2D eigenvalue weighted by Gasteiger charge is -2.28. The Morgan fingerprint density at radius 1 is 1.35 bits per heavy atom. The minimum Gasteiger partial charge on any atom is -0.493 e. The van der Waals surface area contributed by atoms with E-state index >= 15 is 0 Å². The van der Waals surface area contributed by atoms with Crippen molar-refractivity contribution in [2.45, 2.75) is 46.1 Å². The molecule has 0 saturated heterocycles. The second kappa shape index (κ2) is 8.25. The number of ether oxygens (including phenoxy) is 1. The van der Waals surface area contributed by atoms with Crippen molar-refractivity contribution in [2.75, 3.05) is 19.7 Å². The number of aryl methyl sites for hydroxylation is 2. The molecule has 1 aliphatic heterocycles. The zero-order valence-corrected chi connectivity index (χ0v) is 16.0. The largest absolute Gasteiger partial charge is 0.493 e. The van der Waals surface area contributed by atoms with Gasteiger partial charge in [0, 0.05) is 36.6 Å². The van der Waals surface area contributed by atoms with E-state index in [1.54, 1.807) is 0 Å². The van der Waals surface area contributed by atoms with Crippen molar-refractivity contribution >= 4 is 5.96 Å². The van der Waals surface area contributed by atoms with Crippen LogP contribution >= 0.6 is 0 Å². The van der Waals surface area contributed by atoms with E-state index < -0.39 is 0 Å². The van der Waals surface area contributed by atoms with Crippen LogP contribution in [-0.2, 0) is 0 Å². The summed E-state index contributed by atoms with van der Waals surface area (Å²) >= 11 is 0. The quantitative estimate of drug-likeness (QED) is 0.634. The zero-order chi connectivity index (χ0) is 18.5. The van der Waals surface area contributed by atoms with Crippen LogP contribution < -0.4 is 15.4 Å². The number of aromatic nitrogens is 1. The molecule has 2 heterocycles. The van der Waals surface area contributed by atoms with Gasteiger partial charge in [0.15, 0.2) is 5.96 Å². The van der Waals surface area contributed by atoms with Crippen molar-refractivity contribution in [3.63, 3.8) is 0 Å². The highest BCUT2D eigenvalue weighted by Crippen LogP contribution is 2.31. The Morgan fingerprint density at radius 3 is 2.88 bits per heavy atom. The second-order valence-electron chi connectivity index (χ2n) is 6.73.